The third-order valence-corrected chi connectivity index (χ3v) is 6.52. The number of fused-ring (bicyclic) bond motifs is 1. The van der Waals surface area contributed by atoms with Gasteiger partial charge in [-0.1, -0.05) is 11.3 Å². The first-order valence-corrected chi connectivity index (χ1v) is 9.97. The SMILES string of the molecule is CSC1CN(c2nn3cc(-c4cccnc4)nc3s2)CC1N(C)C. The summed E-state index contributed by atoms with van der Waals surface area (Å²) in [7, 11) is 4.32. The zero-order chi connectivity index (χ0) is 16.7. The normalized spacial score (nSPS) is 21.2. The van der Waals surface area contributed by atoms with Gasteiger partial charge in [-0.3, -0.25) is 4.98 Å². The predicted octanol–water partition coefficient (Wildman–Crippen LogP) is 2.33. The molecule has 0 aliphatic carbocycles. The summed E-state index contributed by atoms with van der Waals surface area (Å²) in [5.41, 5.74) is 1.94. The molecule has 2 atom stereocenters. The molecule has 0 aromatic carbocycles. The first-order valence-electron chi connectivity index (χ1n) is 7.86. The van der Waals surface area contributed by atoms with Crippen molar-refractivity contribution < 1.29 is 0 Å². The van der Waals surface area contributed by atoms with Crippen molar-refractivity contribution in [1.82, 2.24) is 24.5 Å². The molecule has 2 unspecified atom stereocenters. The summed E-state index contributed by atoms with van der Waals surface area (Å²) in [6, 6.07) is 4.50. The molecule has 6 nitrogen and oxygen atoms in total. The average Bonchev–Trinajstić information content (AvgIpc) is 3.27. The lowest BCUT2D eigenvalue weighted by atomic mass is 10.2. The van der Waals surface area contributed by atoms with Crippen molar-refractivity contribution in [2.75, 3.05) is 38.3 Å². The quantitative estimate of drug-likeness (QED) is 0.712. The number of rotatable bonds is 4. The van der Waals surface area contributed by atoms with Crippen molar-refractivity contribution in [3.05, 3.63) is 30.7 Å². The van der Waals surface area contributed by atoms with Gasteiger partial charge in [0.2, 0.25) is 10.1 Å². The van der Waals surface area contributed by atoms with Crippen LogP contribution in [0.2, 0.25) is 0 Å². The molecule has 0 amide bonds. The van der Waals surface area contributed by atoms with Crippen LogP contribution in [0.1, 0.15) is 0 Å². The van der Waals surface area contributed by atoms with E-state index in [1.165, 1.54) is 0 Å². The molecule has 0 N–H and O–H groups in total. The van der Waals surface area contributed by atoms with Crippen LogP contribution in [-0.2, 0) is 0 Å². The maximum absolute atomic E-state index is 4.75. The molecule has 1 aliphatic rings. The molecule has 3 aromatic rings. The van der Waals surface area contributed by atoms with Crippen molar-refractivity contribution in [3.63, 3.8) is 0 Å². The van der Waals surface area contributed by atoms with Gasteiger partial charge in [-0.2, -0.15) is 11.8 Å². The largest absolute Gasteiger partial charge is 0.344 e. The summed E-state index contributed by atoms with van der Waals surface area (Å²) in [6.45, 7) is 2.06. The van der Waals surface area contributed by atoms with Gasteiger partial charge in [0.25, 0.3) is 0 Å². The second kappa shape index (κ2) is 6.34. The lowest BCUT2D eigenvalue weighted by Crippen LogP contribution is -2.36. The van der Waals surface area contributed by atoms with E-state index in [0.29, 0.717) is 11.3 Å². The Labute approximate surface area is 149 Å². The number of aromatic nitrogens is 4. The summed E-state index contributed by atoms with van der Waals surface area (Å²) in [5.74, 6) is 0. The minimum Gasteiger partial charge on any atom is -0.344 e. The van der Waals surface area contributed by atoms with Crippen LogP contribution in [-0.4, -0.2) is 69.2 Å². The van der Waals surface area contributed by atoms with Crippen molar-refractivity contribution in [1.29, 1.82) is 0 Å². The molecule has 0 spiro atoms. The molecule has 1 saturated heterocycles. The Morgan fingerprint density at radius 1 is 1.33 bits per heavy atom. The summed E-state index contributed by atoms with van der Waals surface area (Å²) in [6.07, 6.45) is 7.78. The van der Waals surface area contributed by atoms with Crippen LogP contribution in [0.25, 0.3) is 16.2 Å². The topological polar surface area (TPSA) is 49.6 Å². The van der Waals surface area contributed by atoms with E-state index >= 15 is 0 Å². The number of thioether (sulfide) groups is 1. The molecule has 8 heteroatoms. The highest BCUT2D eigenvalue weighted by atomic mass is 32.2. The van der Waals surface area contributed by atoms with Crippen molar-refractivity contribution in [2.45, 2.75) is 11.3 Å². The van der Waals surface area contributed by atoms with Crippen LogP contribution >= 0.6 is 23.1 Å². The lowest BCUT2D eigenvalue weighted by molar-refractivity contribution is 0.320. The Hall–Kier alpha value is -1.64. The van der Waals surface area contributed by atoms with E-state index in [4.69, 9.17) is 10.1 Å². The second-order valence-electron chi connectivity index (χ2n) is 6.19. The molecule has 24 heavy (non-hydrogen) atoms. The molecule has 1 aliphatic heterocycles. The van der Waals surface area contributed by atoms with Gasteiger partial charge < -0.3 is 9.80 Å². The summed E-state index contributed by atoms with van der Waals surface area (Å²) >= 11 is 3.59. The zero-order valence-electron chi connectivity index (χ0n) is 14.0. The number of hydrogen-bond donors (Lipinski definition) is 0. The molecule has 3 aromatic heterocycles. The van der Waals surface area contributed by atoms with Crippen LogP contribution in [0.15, 0.2) is 30.7 Å². The Kier molecular flexibility index (Phi) is 4.19. The third-order valence-electron chi connectivity index (χ3n) is 4.46. The van der Waals surface area contributed by atoms with Crippen LogP contribution < -0.4 is 4.90 Å². The van der Waals surface area contributed by atoms with Crippen LogP contribution in [0.4, 0.5) is 5.13 Å². The summed E-state index contributed by atoms with van der Waals surface area (Å²) < 4.78 is 1.89. The molecule has 1 fully saturated rings. The minimum absolute atomic E-state index is 0.558. The van der Waals surface area contributed by atoms with E-state index < -0.39 is 0 Å². The van der Waals surface area contributed by atoms with Crippen LogP contribution in [0, 0.1) is 0 Å². The molecule has 4 rings (SSSR count). The first-order chi connectivity index (χ1) is 11.7. The fourth-order valence-electron chi connectivity index (χ4n) is 3.11. The molecule has 126 valence electrons. The van der Waals surface area contributed by atoms with E-state index in [1.54, 1.807) is 17.5 Å². The van der Waals surface area contributed by atoms with E-state index in [-0.39, 0.29) is 0 Å². The summed E-state index contributed by atoms with van der Waals surface area (Å²) in [4.78, 5) is 14.5. The number of nitrogens with zero attached hydrogens (tertiary/aromatic N) is 6. The molecular formula is C16H20N6S2. The van der Waals surface area contributed by atoms with Gasteiger partial charge in [0.15, 0.2) is 0 Å². The van der Waals surface area contributed by atoms with Gasteiger partial charge >= 0.3 is 0 Å². The van der Waals surface area contributed by atoms with Crippen LogP contribution in [0.5, 0.6) is 0 Å². The van der Waals surface area contributed by atoms with Gasteiger partial charge in [-0.25, -0.2) is 9.50 Å². The Balaban J connectivity index is 1.59. The maximum atomic E-state index is 4.75. The zero-order valence-corrected chi connectivity index (χ0v) is 15.6. The fourth-order valence-corrected chi connectivity index (χ4v) is 4.99. The lowest BCUT2D eigenvalue weighted by Gasteiger charge is -2.23. The highest BCUT2D eigenvalue weighted by molar-refractivity contribution is 7.99. The number of imidazole rings is 1. The molecule has 4 heterocycles. The number of pyridine rings is 1. The third kappa shape index (κ3) is 2.78. The Bertz CT molecular complexity index is 796. The first kappa shape index (κ1) is 15.9. The van der Waals surface area contributed by atoms with E-state index in [1.807, 2.05) is 40.8 Å². The predicted molar refractivity (Wildman–Crippen MR) is 101 cm³/mol. The van der Waals surface area contributed by atoms with Gasteiger partial charge in [0.1, 0.15) is 0 Å². The van der Waals surface area contributed by atoms with E-state index in [2.05, 4.69) is 35.1 Å². The molecule has 0 bridgehead atoms. The van der Waals surface area contributed by atoms with Gasteiger partial charge in [-0.15, -0.1) is 5.10 Å². The molecule has 0 saturated carbocycles. The standard InChI is InChI=1S/C16H20N6S2/c1-20(2)13-9-21(10-14(13)23-3)16-19-22-8-12(18-15(22)24-16)11-5-4-6-17-7-11/h4-8,13-14H,9-10H2,1-3H3. The monoisotopic (exact) mass is 360 g/mol. The Morgan fingerprint density at radius 2 is 2.21 bits per heavy atom. The van der Waals surface area contributed by atoms with Gasteiger partial charge in [0.05, 0.1) is 11.9 Å². The highest BCUT2D eigenvalue weighted by Crippen LogP contribution is 2.32. The fraction of sp³-hybridized carbons (Fsp3) is 0.438. The Morgan fingerprint density at radius 3 is 2.83 bits per heavy atom. The van der Waals surface area contributed by atoms with Gasteiger partial charge in [0, 0.05) is 42.3 Å². The average molecular weight is 361 g/mol. The van der Waals surface area contributed by atoms with E-state index in [0.717, 1.165) is 34.4 Å². The number of likely N-dealkylation sites (N-methyl/N-ethyl adjacent to an activating group) is 1. The highest BCUT2D eigenvalue weighted by Gasteiger charge is 2.35. The van der Waals surface area contributed by atoms with E-state index in [9.17, 15) is 0 Å². The minimum atomic E-state index is 0.558. The second-order valence-corrected chi connectivity index (χ2v) is 8.20. The smallest absolute Gasteiger partial charge is 0.214 e. The van der Waals surface area contributed by atoms with Gasteiger partial charge in [-0.05, 0) is 32.5 Å². The number of anilines is 1. The maximum Gasteiger partial charge on any atom is 0.214 e. The summed E-state index contributed by atoms with van der Waals surface area (Å²) in [5, 5.41) is 6.42. The van der Waals surface area contributed by atoms with Crippen molar-refractivity contribution >= 4 is 33.2 Å². The number of hydrogen-bond acceptors (Lipinski definition) is 7. The van der Waals surface area contributed by atoms with Crippen molar-refractivity contribution in [3.8, 4) is 11.3 Å². The molecular weight excluding hydrogens is 340 g/mol. The molecule has 0 radical (unpaired) electrons. The van der Waals surface area contributed by atoms with Crippen molar-refractivity contribution in [2.24, 2.45) is 0 Å². The van der Waals surface area contributed by atoms with Crippen LogP contribution in [0.3, 0.4) is 0 Å².